The number of esters is 1. The first kappa shape index (κ1) is 13.9. The lowest BCUT2D eigenvalue weighted by atomic mass is 9.99. The molecule has 0 spiro atoms. The highest BCUT2D eigenvalue weighted by molar-refractivity contribution is 6.01. The number of quaternary nitrogens is 1. The number of ether oxygens (including phenoxy) is 1. The van der Waals surface area contributed by atoms with Crippen LogP contribution in [0.15, 0.2) is 0 Å². The molecule has 0 aliphatic rings. The van der Waals surface area contributed by atoms with E-state index < -0.39 is 17.5 Å². The van der Waals surface area contributed by atoms with Crippen molar-refractivity contribution in [3.8, 4) is 0 Å². The van der Waals surface area contributed by atoms with Crippen LogP contribution in [0.3, 0.4) is 0 Å². The van der Waals surface area contributed by atoms with E-state index in [1.165, 1.54) is 6.92 Å². The summed E-state index contributed by atoms with van der Waals surface area (Å²) in [4.78, 5) is 22.5. The van der Waals surface area contributed by atoms with Crippen LogP contribution in [-0.2, 0) is 14.3 Å². The minimum atomic E-state index is -1.78. The van der Waals surface area contributed by atoms with Crippen molar-refractivity contribution in [2.24, 2.45) is 0 Å². The van der Waals surface area contributed by atoms with Gasteiger partial charge in [-0.1, -0.05) is 0 Å². The van der Waals surface area contributed by atoms with Crippen LogP contribution in [0.4, 0.5) is 0 Å². The average Bonchev–Trinajstić information content (AvgIpc) is 2.10. The van der Waals surface area contributed by atoms with Crippen molar-refractivity contribution in [3.05, 3.63) is 0 Å². The van der Waals surface area contributed by atoms with Gasteiger partial charge in [0.25, 0.3) is 0 Å². The van der Waals surface area contributed by atoms with Crippen LogP contribution < -0.4 is 5.11 Å². The zero-order valence-corrected chi connectivity index (χ0v) is 9.44. The molecule has 88 valence electrons. The smallest absolute Gasteiger partial charge is 0.374 e. The van der Waals surface area contributed by atoms with E-state index in [4.69, 9.17) is 5.11 Å². The van der Waals surface area contributed by atoms with Crippen LogP contribution in [0.25, 0.3) is 0 Å². The van der Waals surface area contributed by atoms with Gasteiger partial charge in [-0.15, -0.1) is 0 Å². The number of rotatable bonds is 5. The Morgan fingerprint density at radius 2 is 1.87 bits per heavy atom. The van der Waals surface area contributed by atoms with Crippen molar-refractivity contribution in [2.45, 2.75) is 12.5 Å². The topological polar surface area (TPSA) is 86.7 Å². The van der Waals surface area contributed by atoms with Crippen LogP contribution in [0.5, 0.6) is 0 Å². The lowest BCUT2D eigenvalue weighted by molar-refractivity contribution is -0.904. The molecule has 0 saturated carbocycles. The summed E-state index contributed by atoms with van der Waals surface area (Å²) >= 11 is 0. The lowest BCUT2D eigenvalue weighted by Crippen LogP contribution is -2.69. The fourth-order valence-electron chi connectivity index (χ4n) is 0.910. The van der Waals surface area contributed by atoms with E-state index in [1.54, 1.807) is 21.1 Å². The molecular formula is C9H17NO5. The van der Waals surface area contributed by atoms with Crippen molar-refractivity contribution in [2.75, 3.05) is 34.4 Å². The van der Waals surface area contributed by atoms with Gasteiger partial charge < -0.3 is 24.2 Å². The SMILES string of the molecule is C[C@](C(=O)[O-])(C(=O)OCCO)[N+](C)(C)C. The molecule has 15 heavy (non-hydrogen) atoms. The predicted octanol–water partition coefficient (Wildman–Crippen LogP) is -2.26. The van der Waals surface area contributed by atoms with Crippen LogP contribution in [0, 0.1) is 0 Å². The molecular weight excluding hydrogens is 202 g/mol. The summed E-state index contributed by atoms with van der Waals surface area (Å²) in [6, 6.07) is 0. The van der Waals surface area contributed by atoms with E-state index in [0.717, 1.165) is 0 Å². The Balaban J connectivity index is 4.97. The molecule has 0 heterocycles. The second kappa shape index (κ2) is 4.59. The number of carbonyl (C=O) groups excluding carboxylic acids is 2. The summed E-state index contributed by atoms with van der Waals surface area (Å²) in [5.74, 6) is -2.41. The predicted molar refractivity (Wildman–Crippen MR) is 49.5 cm³/mol. The highest BCUT2D eigenvalue weighted by atomic mass is 16.5. The van der Waals surface area contributed by atoms with Gasteiger partial charge >= 0.3 is 5.97 Å². The largest absolute Gasteiger partial charge is 0.543 e. The minimum absolute atomic E-state index is 0.153. The third kappa shape index (κ3) is 2.66. The molecule has 0 aliphatic heterocycles. The third-order valence-corrected chi connectivity index (χ3v) is 2.46. The normalized spacial score (nSPS) is 15.5. The molecule has 6 nitrogen and oxygen atoms in total. The quantitative estimate of drug-likeness (QED) is 0.320. The van der Waals surface area contributed by atoms with E-state index >= 15 is 0 Å². The number of aliphatic hydroxyl groups excluding tert-OH is 1. The Morgan fingerprint density at radius 3 is 2.13 bits per heavy atom. The van der Waals surface area contributed by atoms with Crippen LogP contribution in [0.1, 0.15) is 6.92 Å². The molecule has 0 fully saturated rings. The highest BCUT2D eigenvalue weighted by Crippen LogP contribution is 2.19. The van der Waals surface area contributed by atoms with Gasteiger partial charge in [-0.05, 0) is 0 Å². The van der Waals surface area contributed by atoms with Gasteiger partial charge in [-0.2, -0.15) is 0 Å². The molecule has 0 aromatic rings. The van der Waals surface area contributed by atoms with Crippen LogP contribution in [0.2, 0.25) is 0 Å². The summed E-state index contributed by atoms with van der Waals surface area (Å²) in [7, 11) is 4.65. The Kier molecular flexibility index (Phi) is 4.24. The van der Waals surface area contributed by atoms with E-state index in [2.05, 4.69) is 4.74 Å². The lowest BCUT2D eigenvalue weighted by Gasteiger charge is -2.41. The second-order valence-electron chi connectivity index (χ2n) is 4.23. The molecule has 0 unspecified atom stereocenters. The number of carboxylic acid groups (broad SMARTS) is 1. The number of aliphatic carboxylic acids is 1. The standard InChI is InChI=1S/C9H17NO5/c1-9(7(12)13,10(2,3)4)8(14)15-6-5-11/h11H,5-6H2,1-4H3/t9-/m0/s1. The number of carbonyl (C=O) groups is 2. The van der Waals surface area contributed by atoms with E-state index in [-0.39, 0.29) is 17.7 Å². The Labute approximate surface area is 88.7 Å². The second-order valence-corrected chi connectivity index (χ2v) is 4.23. The first-order chi connectivity index (χ1) is 6.67. The maximum atomic E-state index is 11.5. The Bertz CT molecular complexity index is 258. The van der Waals surface area contributed by atoms with E-state index in [0.29, 0.717) is 0 Å². The van der Waals surface area contributed by atoms with Gasteiger partial charge in [0.1, 0.15) is 12.6 Å². The molecule has 0 amide bonds. The summed E-state index contributed by atoms with van der Waals surface area (Å²) in [6.45, 7) is 0.676. The molecule has 0 radical (unpaired) electrons. The van der Waals surface area contributed by atoms with Gasteiger partial charge in [0.2, 0.25) is 5.54 Å². The monoisotopic (exact) mass is 219 g/mol. The first-order valence-electron chi connectivity index (χ1n) is 4.49. The van der Waals surface area contributed by atoms with Crippen LogP contribution >= 0.6 is 0 Å². The number of hydrogen-bond donors (Lipinski definition) is 1. The van der Waals surface area contributed by atoms with Gasteiger partial charge in [0, 0.05) is 6.92 Å². The molecule has 0 aliphatic carbocycles. The Hall–Kier alpha value is -1.14. The number of hydrogen-bond acceptors (Lipinski definition) is 5. The minimum Gasteiger partial charge on any atom is -0.543 e. The summed E-state index contributed by atoms with van der Waals surface area (Å²) in [5, 5.41) is 19.5. The molecule has 1 N–H and O–H groups in total. The molecule has 0 rings (SSSR count). The third-order valence-electron chi connectivity index (χ3n) is 2.46. The molecule has 6 heteroatoms. The van der Waals surface area contributed by atoms with E-state index in [9.17, 15) is 14.7 Å². The van der Waals surface area contributed by atoms with Crippen molar-refractivity contribution in [1.82, 2.24) is 0 Å². The molecule has 0 bridgehead atoms. The highest BCUT2D eigenvalue weighted by Gasteiger charge is 2.49. The van der Waals surface area contributed by atoms with Gasteiger partial charge in [0.15, 0.2) is 0 Å². The number of likely N-dealkylation sites (N-methyl/N-ethyl adjacent to an activating group) is 1. The molecule has 0 aromatic heterocycles. The van der Waals surface area contributed by atoms with Gasteiger partial charge in [-0.3, -0.25) is 0 Å². The first-order valence-corrected chi connectivity index (χ1v) is 4.49. The van der Waals surface area contributed by atoms with Gasteiger partial charge in [0.05, 0.1) is 27.7 Å². The maximum absolute atomic E-state index is 11.5. The van der Waals surface area contributed by atoms with Gasteiger partial charge in [-0.25, -0.2) is 4.79 Å². The number of nitrogens with zero attached hydrogens (tertiary/aromatic N) is 1. The fourth-order valence-corrected chi connectivity index (χ4v) is 0.910. The summed E-state index contributed by atoms with van der Waals surface area (Å²) < 4.78 is 4.47. The number of carboxylic acids is 1. The van der Waals surface area contributed by atoms with Crippen molar-refractivity contribution in [3.63, 3.8) is 0 Å². The zero-order valence-electron chi connectivity index (χ0n) is 9.44. The molecule has 1 atom stereocenters. The van der Waals surface area contributed by atoms with Crippen LogP contribution in [-0.4, -0.2) is 61.4 Å². The summed E-state index contributed by atoms with van der Waals surface area (Å²) in [5.41, 5.74) is -1.78. The average molecular weight is 219 g/mol. The molecule has 0 aromatic carbocycles. The Morgan fingerprint density at radius 1 is 1.40 bits per heavy atom. The number of aliphatic hydroxyl groups is 1. The maximum Gasteiger partial charge on any atom is 0.374 e. The van der Waals surface area contributed by atoms with Crippen molar-refractivity contribution >= 4 is 11.9 Å². The van der Waals surface area contributed by atoms with E-state index in [1.807, 2.05) is 0 Å². The fraction of sp³-hybridized carbons (Fsp3) is 0.778. The molecule has 0 saturated heterocycles. The zero-order chi connectivity index (χ0) is 12.3. The summed E-state index contributed by atoms with van der Waals surface area (Å²) in [6.07, 6.45) is 0. The van der Waals surface area contributed by atoms with Crippen molar-refractivity contribution < 1.29 is 29.0 Å². The van der Waals surface area contributed by atoms with Crippen molar-refractivity contribution in [1.29, 1.82) is 0 Å².